The SMILES string of the molecule is CC(OCC1CCCO1)C(=O)Nc1ccc2oc(C(N)=O)nc2c1. The van der Waals surface area contributed by atoms with Crippen LogP contribution in [-0.4, -0.2) is 42.2 Å². The molecule has 1 aromatic carbocycles. The van der Waals surface area contributed by atoms with Crippen molar-refractivity contribution in [3.8, 4) is 0 Å². The van der Waals surface area contributed by atoms with Gasteiger partial charge < -0.3 is 24.9 Å². The average molecular weight is 333 g/mol. The number of nitrogens with two attached hydrogens (primary N) is 1. The molecule has 1 saturated heterocycles. The third-order valence-corrected chi connectivity index (χ3v) is 3.79. The molecule has 1 aliphatic rings. The number of carbonyl (C=O) groups is 2. The zero-order valence-electron chi connectivity index (χ0n) is 13.3. The van der Waals surface area contributed by atoms with Crippen LogP contribution in [-0.2, 0) is 14.3 Å². The van der Waals surface area contributed by atoms with E-state index >= 15 is 0 Å². The van der Waals surface area contributed by atoms with Crippen LogP contribution in [0, 0.1) is 0 Å². The molecule has 24 heavy (non-hydrogen) atoms. The number of primary amides is 1. The molecule has 2 atom stereocenters. The molecule has 1 aromatic heterocycles. The van der Waals surface area contributed by atoms with E-state index in [0.29, 0.717) is 23.4 Å². The van der Waals surface area contributed by atoms with Crippen molar-refractivity contribution in [1.82, 2.24) is 4.98 Å². The molecule has 0 radical (unpaired) electrons. The molecule has 2 unspecified atom stereocenters. The summed E-state index contributed by atoms with van der Waals surface area (Å²) >= 11 is 0. The molecule has 0 bridgehead atoms. The van der Waals surface area contributed by atoms with Gasteiger partial charge in [-0.1, -0.05) is 0 Å². The fraction of sp³-hybridized carbons (Fsp3) is 0.438. The van der Waals surface area contributed by atoms with E-state index in [2.05, 4.69) is 10.3 Å². The van der Waals surface area contributed by atoms with Gasteiger partial charge in [0, 0.05) is 12.3 Å². The molecular weight excluding hydrogens is 314 g/mol. The minimum atomic E-state index is -0.743. The number of nitrogens with one attached hydrogen (secondary N) is 1. The number of benzene rings is 1. The van der Waals surface area contributed by atoms with E-state index in [0.717, 1.165) is 19.4 Å². The number of oxazole rings is 1. The van der Waals surface area contributed by atoms with Gasteiger partial charge in [-0.05, 0) is 38.0 Å². The minimum absolute atomic E-state index is 0.0685. The monoisotopic (exact) mass is 333 g/mol. The highest BCUT2D eigenvalue weighted by Gasteiger charge is 2.20. The first-order chi connectivity index (χ1) is 11.5. The van der Waals surface area contributed by atoms with Crippen molar-refractivity contribution in [3.05, 3.63) is 24.1 Å². The van der Waals surface area contributed by atoms with Gasteiger partial charge in [0.15, 0.2) is 5.58 Å². The summed E-state index contributed by atoms with van der Waals surface area (Å²) in [4.78, 5) is 27.2. The smallest absolute Gasteiger partial charge is 0.304 e. The van der Waals surface area contributed by atoms with Crippen molar-refractivity contribution in [1.29, 1.82) is 0 Å². The summed E-state index contributed by atoms with van der Waals surface area (Å²) in [6, 6.07) is 4.88. The molecule has 2 heterocycles. The van der Waals surface area contributed by atoms with Crippen molar-refractivity contribution in [3.63, 3.8) is 0 Å². The van der Waals surface area contributed by atoms with Gasteiger partial charge in [0.1, 0.15) is 11.6 Å². The second-order valence-corrected chi connectivity index (χ2v) is 5.67. The Balaban J connectivity index is 1.60. The van der Waals surface area contributed by atoms with E-state index in [1.165, 1.54) is 0 Å². The van der Waals surface area contributed by atoms with Gasteiger partial charge in [0.25, 0.3) is 11.8 Å². The number of fused-ring (bicyclic) bond motifs is 1. The molecule has 0 aliphatic carbocycles. The second-order valence-electron chi connectivity index (χ2n) is 5.67. The number of hydrogen-bond donors (Lipinski definition) is 2. The van der Waals surface area contributed by atoms with Crippen molar-refractivity contribution in [2.45, 2.75) is 32.0 Å². The minimum Gasteiger partial charge on any atom is -0.432 e. The first-order valence-corrected chi connectivity index (χ1v) is 7.77. The Labute approximate surface area is 138 Å². The van der Waals surface area contributed by atoms with E-state index in [1.54, 1.807) is 25.1 Å². The van der Waals surface area contributed by atoms with Crippen molar-refractivity contribution >= 4 is 28.6 Å². The van der Waals surface area contributed by atoms with Gasteiger partial charge >= 0.3 is 5.91 Å². The highest BCUT2D eigenvalue weighted by atomic mass is 16.5. The Kier molecular flexibility index (Phi) is 4.77. The lowest BCUT2D eigenvalue weighted by atomic mass is 10.2. The van der Waals surface area contributed by atoms with Gasteiger partial charge in [0.2, 0.25) is 0 Å². The maximum Gasteiger partial charge on any atom is 0.304 e. The summed E-state index contributed by atoms with van der Waals surface area (Å²) in [6.07, 6.45) is 1.45. The fourth-order valence-corrected chi connectivity index (χ4v) is 2.46. The summed E-state index contributed by atoms with van der Waals surface area (Å²) in [5.74, 6) is -1.18. The molecule has 3 N–H and O–H groups in total. The van der Waals surface area contributed by atoms with Crippen LogP contribution in [0.3, 0.4) is 0 Å². The zero-order valence-corrected chi connectivity index (χ0v) is 13.3. The summed E-state index contributed by atoms with van der Waals surface area (Å²) in [5, 5.41) is 2.75. The molecule has 8 nitrogen and oxygen atoms in total. The third kappa shape index (κ3) is 3.72. The lowest BCUT2D eigenvalue weighted by Gasteiger charge is -2.16. The first-order valence-electron chi connectivity index (χ1n) is 7.77. The van der Waals surface area contributed by atoms with Gasteiger partial charge in [-0.2, -0.15) is 0 Å². The first kappa shape index (κ1) is 16.4. The Morgan fingerprint density at radius 1 is 1.50 bits per heavy atom. The molecule has 0 saturated carbocycles. The van der Waals surface area contributed by atoms with Crippen LogP contribution in [0.15, 0.2) is 22.6 Å². The maximum atomic E-state index is 12.2. The lowest BCUT2D eigenvalue weighted by Crippen LogP contribution is -2.30. The highest BCUT2D eigenvalue weighted by Crippen LogP contribution is 2.20. The van der Waals surface area contributed by atoms with Crippen LogP contribution >= 0.6 is 0 Å². The van der Waals surface area contributed by atoms with Crippen LogP contribution in [0.5, 0.6) is 0 Å². The molecule has 128 valence electrons. The van der Waals surface area contributed by atoms with E-state index in [-0.39, 0.29) is 17.9 Å². The van der Waals surface area contributed by atoms with Crippen LogP contribution < -0.4 is 11.1 Å². The number of nitrogens with zero attached hydrogens (tertiary/aromatic N) is 1. The second kappa shape index (κ2) is 6.98. The van der Waals surface area contributed by atoms with Crippen LogP contribution in [0.2, 0.25) is 0 Å². The van der Waals surface area contributed by atoms with Crippen LogP contribution in [0.25, 0.3) is 11.1 Å². The van der Waals surface area contributed by atoms with Crippen LogP contribution in [0.1, 0.15) is 30.5 Å². The van der Waals surface area contributed by atoms with Gasteiger partial charge in [-0.25, -0.2) is 4.98 Å². The Hall–Kier alpha value is -2.45. The molecule has 2 amide bonds. The highest BCUT2D eigenvalue weighted by molar-refractivity contribution is 5.96. The van der Waals surface area contributed by atoms with E-state index in [4.69, 9.17) is 19.6 Å². The fourth-order valence-electron chi connectivity index (χ4n) is 2.46. The normalized spacial score (nSPS) is 18.6. The lowest BCUT2D eigenvalue weighted by molar-refractivity contribution is -0.128. The number of anilines is 1. The molecule has 1 aliphatic heterocycles. The van der Waals surface area contributed by atoms with E-state index in [1.807, 2.05) is 0 Å². The predicted octanol–water partition coefficient (Wildman–Crippen LogP) is 1.45. The summed E-state index contributed by atoms with van der Waals surface area (Å²) in [6.45, 7) is 2.84. The predicted molar refractivity (Wildman–Crippen MR) is 85.5 cm³/mol. The number of aromatic nitrogens is 1. The topological polar surface area (TPSA) is 117 Å². The van der Waals surface area contributed by atoms with E-state index in [9.17, 15) is 9.59 Å². The molecular formula is C16H19N3O5. The van der Waals surface area contributed by atoms with Crippen molar-refractivity contribution < 1.29 is 23.5 Å². The quantitative estimate of drug-likeness (QED) is 0.826. The molecule has 3 rings (SSSR count). The largest absolute Gasteiger partial charge is 0.432 e. The van der Waals surface area contributed by atoms with Gasteiger partial charge in [-0.3, -0.25) is 9.59 Å². The standard InChI is InChI=1S/C16H19N3O5/c1-9(23-8-11-3-2-6-22-11)15(21)18-10-4-5-13-12(7-10)19-16(24-13)14(17)20/h4-5,7,9,11H,2-3,6,8H2,1H3,(H2,17,20)(H,18,21). The van der Waals surface area contributed by atoms with Crippen molar-refractivity contribution in [2.75, 3.05) is 18.5 Å². The summed E-state index contributed by atoms with van der Waals surface area (Å²) < 4.78 is 16.2. The Bertz CT molecular complexity index is 751. The van der Waals surface area contributed by atoms with E-state index < -0.39 is 12.0 Å². The number of rotatable bonds is 6. The zero-order chi connectivity index (χ0) is 17.1. The number of hydrogen-bond acceptors (Lipinski definition) is 6. The Morgan fingerprint density at radius 2 is 2.33 bits per heavy atom. The Morgan fingerprint density at radius 3 is 3.04 bits per heavy atom. The van der Waals surface area contributed by atoms with Crippen molar-refractivity contribution in [2.24, 2.45) is 5.73 Å². The number of amides is 2. The molecule has 2 aromatic rings. The molecule has 1 fully saturated rings. The number of ether oxygens (including phenoxy) is 2. The molecule has 0 spiro atoms. The third-order valence-electron chi connectivity index (χ3n) is 3.79. The number of carbonyl (C=O) groups excluding carboxylic acids is 2. The maximum absolute atomic E-state index is 12.2. The van der Waals surface area contributed by atoms with Gasteiger partial charge in [-0.15, -0.1) is 0 Å². The summed E-state index contributed by atoms with van der Waals surface area (Å²) in [5.41, 5.74) is 6.52. The average Bonchev–Trinajstić information content (AvgIpc) is 3.21. The van der Waals surface area contributed by atoms with Gasteiger partial charge in [0.05, 0.1) is 12.7 Å². The summed E-state index contributed by atoms with van der Waals surface area (Å²) in [7, 11) is 0. The van der Waals surface area contributed by atoms with Crippen LogP contribution in [0.4, 0.5) is 5.69 Å². The molecule has 8 heteroatoms.